The Bertz CT molecular complexity index is 1740. The lowest BCUT2D eigenvalue weighted by molar-refractivity contribution is -0.156. The minimum atomic E-state index is -0.970. The molecule has 0 radical (unpaired) electrons. The van der Waals surface area contributed by atoms with Gasteiger partial charge < -0.3 is 19.7 Å². The van der Waals surface area contributed by atoms with Gasteiger partial charge in [0.1, 0.15) is 25.3 Å². The van der Waals surface area contributed by atoms with Gasteiger partial charge in [0.25, 0.3) is 0 Å². The third-order valence-corrected chi connectivity index (χ3v) is 9.90. The molecule has 50 heavy (non-hydrogen) atoms. The first-order chi connectivity index (χ1) is 24.4. The largest absolute Gasteiger partial charge is 0.461 e. The number of rotatable bonds is 13. The van der Waals surface area contributed by atoms with Crippen LogP contribution in [0.15, 0.2) is 115 Å². The zero-order valence-electron chi connectivity index (χ0n) is 28.3. The Labute approximate surface area is 293 Å². The zero-order valence-corrected chi connectivity index (χ0v) is 28.3. The molecule has 8 nitrogen and oxygen atoms in total. The molecule has 0 aromatic heterocycles. The highest BCUT2D eigenvalue weighted by atomic mass is 16.5. The van der Waals surface area contributed by atoms with Gasteiger partial charge in [-0.2, -0.15) is 0 Å². The normalized spacial score (nSPS) is 17.1. The van der Waals surface area contributed by atoms with Crippen LogP contribution in [0.5, 0.6) is 0 Å². The summed E-state index contributed by atoms with van der Waals surface area (Å²) < 4.78 is 11.2. The Balaban J connectivity index is 1.19. The maximum Gasteiger partial charge on any atom is 0.329 e. The lowest BCUT2D eigenvalue weighted by atomic mass is 9.81. The monoisotopic (exact) mass is 672 g/mol. The van der Waals surface area contributed by atoms with Crippen molar-refractivity contribution in [2.75, 3.05) is 6.54 Å². The van der Waals surface area contributed by atoms with Crippen LogP contribution in [0, 0.1) is 5.41 Å². The number of hydrogen-bond acceptors (Lipinski definition) is 6. The van der Waals surface area contributed by atoms with E-state index in [9.17, 15) is 19.2 Å². The second-order valence-electron chi connectivity index (χ2n) is 13.4. The van der Waals surface area contributed by atoms with Gasteiger partial charge in [0, 0.05) is 13.0 Å². The first-order valence-corrected chi connectivity index (χ1v) is 17.6. The average Bonchev–Trinajstić information content (AvgIpc) is 3.85. The molecular formula is C42H44N2O6. The van der Waals surface area contributed by atoms with Crippen molar-refractivity contribution in [3.05, 3.63) is 132 Å². The SMILES string of the molecule is O=C(CC1(C(=O)N[C@@H](Cc2ccc(-c3ccccc3)cc2)C(=O)N2CCCC2C(=O)OCc2ccccc2)CCCC1)OCc1ccccc1. The Morgan fingerprint density at radius 2 is 1.24 bits per heavy atom. The van der Waals surface area contributed by atoms with Crippen molar-refractivity contribution in [3.8, 4) is 11.1 Å². The molecule has 8 heteroatoms. The fourth-order valence-electron chi connectivity index (χ4n) is 7.11. The molecule has 2 aliphatic rings. The highest BCUT2D eigenvalue weighted by molar-refractivity contribution is 5.94. The van der Waals surface area contributed by atoms with Gasteiger partial charge in [-0.05, 0) is 53.5 Å². The van der Waals surface area contributed by atoms with Crippen molar-refractivity contribution >= 4 is 23.8 Å². The lowest BCUT2D eigenvalue weighted by Gasteiger charge is -2.32. The molecule has 258 valence electrons. The summed E-state index contributed by atoms with van der Waals surface area (Å²) in [5.74, 6) is -1.55. The van der Waals surface area contributed by atoms with Gasteiger partial charge >= 0.3 is 11.9 Å². The summed E-state index contributed by atoms with van der Waals surface area (Å²) in [6.07, 6.45) is 3.99. The quantitative estimate of drug-likeness (QED) is 0.157. The van der Waals surface area contributed by atoms with Crippen LogP contribution in [0.4, 0.5) is 0 Å². The third kappa shape index (κ3) is 8.67. The number of carbonyl (C=O) groups excluding carboxylic acids is 4. The van der Waals surface area contributed by atoms with Crippen molar-refractivity contribution in [1.82, 2.24) is 10.2 Å². The maximum atomic E-state index is 14.4. The predicted octanol–water partition coefficient (Wildman–Crippen LogP) is 6.81. The highest BCUT2D eigenvalue weighted by Gasteiger charge is 2.46. The van der Waals surface area contributed by atoms with Gasteiger partial charge in [-0.3, -0.25) is 14.4 Å². The van der Waals surface area contributed by atoms with Crippen LogP contribution >= 0.6 is 0 Å². The molecule has 2 amide bonds. The van der Waals surface area contributed by atoms with Gasteiger partial charge in [0.2, 0.25) is 11.8 Å². The van der Waals surface area contributed by atoms with Crippen molar-refractivity contribution in [2.24, 2.45) is 5.41 Å². The number of carbonyl (C=O) groups is 4. The van der Waals surface area contributed by atoms with Crippen molar-refractivity contribution in [1.29, 1.82) is 0 Å². The smallest absolute Gasteiger partial charge is 0.329 e. The average molecular weight is 673 g/mol. The Morgan fingerprint density at radius 3 is 1.86 bits per heavy atom. The van der Waals surface area contributed by atoms with E-state index in [4.69, 9.17) is 9.47 Å². The second-order valence-corrected chi connectivity index (χ2v) is 13.4. The Kier molecular flexibility index (Phi) is 11.4. The molecule has 1 aliphatic heterocycles. The topological polar surface area (TPSA) is 102 Å². The third-order valence-electron chi connectivity index (χ3n) is 9.90. The summed E-state index contributed by atoms with van der Waals surface area (Å²) in [7, 11) is 0. The summed E-state index contributed by atoms with van der Waals surface area (Å²) in [5, 5.41) is 3.08. The van der Waals surface area contributed by atoms with Crippen LogP contribution in [0.3, 0.4) is 0 Å². The van der Waals surface area contributed by atoms with Crippen LogP contribution in [-0.2, 0) is 48.3 Å². The van der Waals surface area contributed by atoms with Gasteiger partial charge in [-0.25, -0.2) is 4.79 Å². The first kappa shape index (κ1) is 34.6. The van der Waals surface area contributed by atoms with Crippen LogP contribution in [0.25, 0.3) is 11.1 Å². The van der Waals surface area contributed by atoms with E-state index in [-0.39, 0.29) is 37.9 Å². The molecule has 4 aromatic carbocycles. The molecule has 2 atom stereocenters. The molecule has 1 heterocycles. The minimum absolute atomic E-state index is 0.0590. The Hall–Kier alpha value is -5.24. The first-order valence-electron chi connectivity index (χ1n) is 17.6. The van der Waals surface area contributed by atoms with E-state index in [1.807, 2.05) is 115 Å². The molecule has 6 rings (SSSR count). The number of amides is 2. The Morgan fingerprint density at radius 1 is 0.680 bits per heavy atom. The number of benzene rings is 4. The number of nitrogens with zero attached hydrogens (tertiary/aromatic N) is 1. The molecule has 1 unspecified atom stereocenters. The number of hydrogen-bond donors (Lipinski definition) is 1. The maximum absolute atomic E-state index is 14.4. The van der Waals surface area contributed by atoms with Gasteiger partial charge in [0.15, 0.2) is 0 Å². The van der Waals surface area contributed by atoms with E-state index in [0.717, 1.165) is 40.7 Å². The molecule has 1 saturated heterocycles. The molecule has 1 aliphatic carbocycles. The minimum Gasteiger partial charge on any atom is -0.461 e. The predicted molar refractivity (Wildman–Crippen MR) is 190 cm³/mol. The molecule has 2 fully saturated rings. The molecule has 1 N–H and O–H groups in total. The fourth-order valence-corrected chi connectivity index (χ4v) is 7.11. The second kappa shape index (κ2) is 16.4. The van der Waals surface area contributed by atoms with E-state index in [0.29, 0.717) is 32.2 Å². The lowest BCUT2D eigenvalue weighted by Crippen LogP contribution is -2.55. The molecule has 0 spiro atoms. The summed E-state index contributed by atoms with van der Waals surface area (Å²) >= 11 is 0. The number of ether oxygens (including phenoxy) is 2. The molecule has 4 aromatic rings. The van der Waals surface area contributed by atoms with E-state index in [2.05, 4.69) is 5.32 Å². The van der Waals surface area contributed by atoms with Gasteiger partial charge in [-0.15, -0.1) is 0 Å². The zero-order chi connectivity index (χ0) is 34.8. The van der Waals surface area contributed by atoms with Gasteiger partial charge in [-0.1, -0.05) is 128 Å². The summed E-state index contributed by atoms with van der Waals surface area (Å²) in [6, 6.07) is 35.2. The number of nitrogens with one attached hydrogen (secondary N) is 1. The van der Waals surface area contributed by atoms with Crippen molar-refractivity contribution < 1.29 is 28.7 Å². The van der Waals surface area contributed by atoms with E-state index in [1.54, 1.807) is 4.90 Å². The van der Waals surface area contributed by atoms with Crippen LogP contribution in [0.1, 0.15) is 61.6 Å². The van der Waals surface area contributed by atoms with E-state index < -0.39 is 29.4 Å². The molecular weight excluding hydrogens is 628 g/mol. The number of esters is 2. The molecule has 1 saturated carbocycles. The van der Waals surface area contributed by atoms with Crippen LogP contribution in [0.2, 0.25) is 0 Å². The molecule has 0 bridgehead atoms. The summed E-state index contributed by atoms with van der Waals surface area (Å²) in [6.45, 7) is 0.642. The van der Waals surface area contributed by atoms with E-state index in [1.165, 1.54) is 0 Å². The number of likely N-dealkylation sites (tertiary alicyclic amines) is 1. The standard InChI is InChI=1S/C42H44N2O6/c45-38(49-29-32-13-4-1-5-14-32)28-42(24-10-11-25-42)41(48)43-36(27-31-20-22-35(23-21-31)34-17-8-3-9-18-34)39(46)44-26-12-19-37(44)40(47)50-30-33-15-6-2-7-16-33/h1-9,13-18,20-23,36-37H,10-12,19,24-30H2,(H,43,48)/t36-,37?/m0/s1. The highest BCUT2D eigenvalue weighted by Crippen LogP contribution is 2.42. The summed E-state index contributed by atoms with van der Waals surface area (Å²) in [4.78, 5) is 56.6. The fraction of sp³-hybridized carbons (Fsp3) is 0.333. The summed E-state index contributed by atoms with van der Waals surface area (Å²) in [5.41, 5.74) is 3.76. The van der Waals surface area contributed by atoms with Crippen molar-refractivity contribution in [3.63, 3.8) is 0 Å². The van der Waals surface area contributed by atoms with E-state index >= 15 is 0 Å². The van der Waals surface area contributed by atoms with Crippen LogP contribution in [-0.4, -0.2) is 47.3 Å². The van der Waals surface area contributed by atoms with Crippen LogP contribution < -0.4 is 5.32 Å². The van der Waals surface area contributed by atoms with Crippen molar-refractivity contribution in [2.45, 2.75) is 76.7 Å². The van der Waals surface area contributed by atoms with Gasteiger partial charge in [0.05, 0.1) is 11.8 Å².